The fourth-order valence-corrected chi connectivity index (χ4v) is 8.11. The molecule has 2 fully saturated rings. The summed E-state index contributed by atoms with van der Waals surface area (Å²) in [5, 5.41) is 5.98. The summed E-state index contributed by atoms with van der Waals surface area (Å²) in [7, 11) is 9.45. The van der Waals surface area contributed by atoms with Gasteiger partial charge >= 0.3 is 5.69 Å². The summed E-state index contributed by atoms with van der Waals surface area (Å²) in [4.78, 5) is 68.6. The molecule has 0 bridgehead atoms. The first kappa shape index (κ1) is 39.1. The van der Waals surface area contributed by atoms with Gasteiger partial charge in [0.15, 0.2) is 17.4 Å². The molecule has 4 aromatic heterocycles. The quantitative estimate of drug-likeness (QED) is 0.160. The number of anilines is 3. The van der Waals surface area contributed by atoms with E-state index in [2.05, 4.69) is 33.5 Å². The van der Waals surface area contributed by atoms with Gasteiger partial charge in [0.1, 0.15) is 17.0 Å². The number of hydrogen-bond acceptors (Lipinski definition) is 11. The second-order valence-electron chi connectivity index (χ2n) is 15.3. The number of hydrogen-bond donors (Lipinski definition) is 2. The topological polar surface area (TPSA) is 170 Å². The Balaban J connectivity index is 0.987. The van der Waals surface area contributed by atoms with Crippen molar-refractivity contribution in [3.8, 4) is 23.2 Å². The van der Waals surface area contributed by atoms with Gasteiger partial charge in [-0.1, -0.05) is 18.1 Å². The lowest BCUT2D eigenvalue weighted by Gasteiger charge is -2.28. The molecule has 0 spiro atoms. The van der Waals surface area contributed by atoms with E-state index in [0.717, 1.165) is 51.8 Å². The Morgan fingerprint density at radius 2 is 1.78 bits per heavy atom. The van der Waals surface area contributed by atoms with Crippen molar-refractivity contribution in [3.05, 3.63) is 93.5 Å². The van der Waals surface area contributed by atoms with Gasteiger partial charge in [0, 0.05) is 83.8 Å². The zero-order valence-corrected chi connectivity index (χ0v) is 33.9. The molecule has 15 heteroatoms. The van der Waals surface area contributed by atoms with E-state index < -0.39 is 5.92 Å². The van der Waals surface area contributed by atoms with Crippen LogP contribution in [0.1, 0.15) is 70.5 Å². The molecule has 1 unspecified atom stereocenters. The van der Waals surface area contributed by atoms with Crippen LogP contribution in [-0.4, -0.2) is 82.7 Å². The Morgan fingerprint density at radius 3 is 2.53 bits per heavy atom. The summed E-state index contributed by atoms with van der Waals surface area (Å²) in [6.07, 6.45) is 5.85. The van der Waals surface area contributed by atoms with Gasteiger partial charge in [-0.2, -0.15) is 0 Å². The number of piperidine rings is 1. The van der Waals surface area contributed by atoms with Gasteiger partial charge in [-0.25, -0.2) is 14.8 Å². The number of pyridine rings is 1. The van der Waals surface area contributed by atoms with Crippen LogP contribution in [0.2, 0.25) is 0 Å². The maximum absolute atomic E-state index is 13.2. The number of amides is 3. The number of imide groups is 1. The van der Waals surface area contributed by atoms with Crippen LogP contribution in [0, 0.1) is 18.8 Å². The highest BCUT2D eigenvalue weighted by Gasteiger charge is 2.30. The molecule has 8 rings (SSSR count). The third-order valence-corrected chi connectivity index (χ3v) is 11.3. The van der Waals surface area contributed by atoms with Crippen LogP contribution < -0.4 is 26.1 Å². The molecule has 6 aromatic rings. The summed E-state index contributed by atoms with van der Waals surface area (Å²) in [5.74, 6) is 6.27. The summed E-state index contributed by atoms with van der Waals surface area (Å²) >= 11 is 0. The monoisotopic (exact) mass is 795 g/mol. The number of nitrogens with zero attached hydrogens (tertiary/aromatic N) is 7. The largest absolute Gasteiger partial charge is 0.448 e. The summed E-state index contributed by atoms with van der Waals surface area (Å²) in [6, 6.07) is 13.3. The van der Waals surface area contributed by atoms with E-state index in [4.69, 9.17) is 19.1 Å². The standard InChI is InChI=1S/C44H45N9O6/c1-25-19-27(23-46-38(25)43(56)45-16-8-9-29-22-33-30(10-7-11-36(33)59-29)31-12-13-37(54)48-42(31)55)40-47-24-35(41(49-40)50(2)3)51(4)28-20-32(26-14-17-58-18-15-26)39-34(21-28)52(5)44(57)53(39)6/h7,10-11,19-24,26,31H,12-18H2,1-6H3,(H,45,56)(H,48,54,55). The molecule has 302 valence electrons. The predicted octanol–water partition coefficient (Wildman–Crippen LogP) is 4.81. The first-order chi connectivity index (χ1) is 28.4. The van der Waals surface area contributed by atoms with Crippen LogP contribution in [0.25, 0.3) is 33.4 Å². The minimum atomic E-state index is -0.449. The number of rotatable bonds is 8. The van der Waals surface area contributed by atoms with Crippen molar-refractivity contribution in [3.63, 3.8) is 0 Å². The number of aromatic nitrogens is 5. The van der Waals surface area contributed by atoms with Crippen LogP contribution >= 0.6 is 0 Å². The molecule has 2 saturated heterocycles. The van der Waals surface area contributed by atoms with Crippen molar-refractivity contribution in [2.24, 2.45) is 14.1 Å². The third kappa shape index (κ3) is 7.43. The summed E-state index contributed by atoms with van der Waals surface area (Å²) in [6.45, 7) is 3.23. The van der Waals surface area contributed by atoms with E-state index in [1.165, 1.54) is 0 Å². The minimum absolute atomic E-state index is 0.0487. The van der Waals surface area contributed by atoms with Crippen LogP contribution in [0.15, 0.2) is 64.1 Å². The minimum Gasteiger partial charge on any atom is -0.448 e. The molecular formula is C44H45N9O6. The molecule has 0 aliphatic carbocycles. The highest BCUT2D eigenvalue weighted by molar-refractivity contribution is 6.03. The Labute approximate surface area is 340 Å². The average Bonchev–Trinajstić information content (AvgIpc) is 3.76. The van der Waals surface area contributed by atoms with E-state index in [0.29, 0.717) is 53.7 Å². The molecule has 2 aliphatic rings. The Morgan fingerprint density at radius 1 is 0.983 bits per heavy atom. The van der Waals surface area contributed by atoms with Gasteiger partial charge < -0.3 is 24.3 Å². The fraction of sp³-hybridized carbons (Fsp3) is 0.341. The molecule has 3 amide bonds. The van der Waals surface area contributed by atoms with E-state index in [9.17, 15) is 19.2 Å². The van der Waals surface area contributed by atoms with Crippen molar-refractivity contribution in [2.45, 2.75) is 44.4 Å². The number of imidazole rings is 1. The van der Waals surface area contributed by atoms with Crippen LogP contribution in [0.3, 0.4) is 0 Å². The summed E-state index contributed by atoms with van der Waals surface area (Å²) < 4.78 is 15.0. The number of fused-ring (bicyclic) bond motifs is 2. The van der Waals surface area contributed by atoms with E-state index in [1.54, 1.807) is 40.7 Å². The van der Waals surface area contributed by atoms with Gasteiger partial charge in [-0.15, -0.1) is 0 Å². The zero-order valence-electron chi connectivity index (χ0n) is 33.9. The molecule has 0 radical (unpaired) electrons. The van der Waals surface area contributed by atoms with E-state index in [-0.39, 0.29) is 48.0 Å². The highest BCUT2D eigenvalue weighted by Crippen LogP contribution is 2.39. The second kappa shape index (κ2) is 15.9. The van der Waals surface area contributed by atoms with Crippen LogP contribution in [0.4, 0.5) is 17.2 Å². The van der Waals surface area contributed by atoms with E-state index >= 15 is 0 Å². The van der Waals surface area contributed by atoms with Crippen molar-refractivity contribution >= 4 is 56.9 Å². The third-order valence-electron chi connectivity index (χ3n) is 11.3. The second-order valence-corrected chi connectivity index (χ2v) is 15.3. The van der Waals surface area contributed by atoms with Crippen molar-refractivity contribution in [2.75, 3.05) is 50.7 Å². The maximum Gasteiger partial charge on any atom is 0.328 e. The van der Waals surface area contributed by atoms with Crippen LogP contribution in [-0.2, 0) is 28.4 Å². The van der Waals surface area contributed by atoms with Gasteiger partial charge in [-0.05, 0) is 79.0 Å². The lowest BCUT2D eigenvalue weighted by atomic mass is 9.88. The van der Waals surface area contributed by atoms with Crippen molar-refractivity contribution in [1.29, 1.82) is 0 Å². The smallest absolute Gasteiger partial charge is 0.328 e. The number of benzene rings is 2. The van der Waals surface area contributed by atoms with Gasteiger partial charge in [0.25, 0.3) is 5.91 Å². The van der Waals surface area contributed by atoms with Crippen LogP contribution in [0.5, 0.6) is 0 Å². The van der Waals surface area contributed by atoms with E-state index in [1.807, 2.05) is 69.2 Å². The van der Waals surface area contributed by atoms with Gasteiger partial charge in [0.05, 0.1) is 29.7 Å². The Bertz CT molecular complexity index is 2780. The number of nitrogens with one attached hydrogen (secondary N) is 2. The van der Waals surface area contributed by atoms with Gasteiger partial charge in [-0.3, -0.25) is 33.8 Å². The number of carbonyl (C=O) groups excluding carboxylic acids is 3. The number of furan rings is 1. The first-order valence-electron chi connectivity index (χ1n) is 19.5. The predicted molar refractivity (Wildman–Crippen MR) is 224 cm³/mol. The molecule has 6 heterocycles. The fourth-order valence-electron chi connectivity index (χ4n) is 8.11. The molecule has 2 aliphatic heterocycles. The molecule has 15 nitrogen and oxygen atoms in total. The molecule has 59 heavy (non-hydrogen) atoms. The Kier molecular flexibility index (Phi) is 10.5. The molecule has 0 saturated carbocycles. The normalized spacial score (nSPS) is 15.9. The van der Waals surface area contributed by atoms with Gasteiger partial charge in [0.2, 0.25) is 11.8 Å². The molecule has 2 aromatic carbocycles. The Hall–Kier alpha value is -6.79. The number of aryl methyl sites for hydroxylation is 3. The highest BCUT2D eigenvalue weighted by atomic mass is 16.5. The molecular weight excluding hydrogens is 751 g/mol. The molecule has 1 atom stereocenters. The number of carbonyl (C=O) groups is 3. The first-order valence-corrected chi connectivity index (χ1v) is 19.5. The summed E-state index contributed by atoms with van der Waals surface area (Å²) in [5.41, 5.74) is 7.46. The average molecular weight is 796 g/mol. The molecule has 2 N–H and O–H groups in total. The maximum atomic E-state index is 13.2. The number of ether oxygens (including phenoxy) is 1. The lowest BCUT2D eigenvalue weighted by Crippen LogP contribution is -2.39. The van der Waals surface area contributed by atoms with Crippen molar-refractivity contribution < 1.29 is 23.5 Å². The lowest BCUT2D eigenvalue weighted by molar-refractivity contribution is -0.134. The SMILES string of the molecule is Cc1cc(-c2ncc(N(C)c3cc(C4CCOCC4)c4c(c3)n(C)c(=O)n4C)c(N(C)C)n2)cnc1C(=O)NCC#Cc1cc2c(C3CCC(=O)NC3=O)cccc2o1. The van der Waals surface area contributed by atoms with Crippen molar-refractivity contribution in [1.82, 2.24) is 34.7 Å². The zero-order chi connectivity index (χ0) is 41.5.